The van der Waals surface area contributed by atoms with Crippen molar-refractivity contribution in [1.82, 2.24) is 0 Å². The van der Waals surface area contributed by atoms with Gasteiger partial charge in [-0.05, 0) is 62.4 Å². The van der Waals surface area contributed by atoms with Gasteiger partial charge < -0.3 is 13.6 Å². The molecule has 3 aromatic rings. The average Bonchev–Trinajstić information content (AvgIpc) is 2.76. The molecule has 0 bridgehead atoms. The Labute approximate surface area is 171 Å². The van der Waals surface area contributed by atoms with Crippen molar-refractivity contribution in [2.24, 2.45) is 0 Å². The fourth-order valence-corrected chi connectivity index (χ4v) is 6.49. The SMILES string of the molecule is CCOP(=O)(OCC)c1ccc(OP(=O)(c2ccccc2)c2ccccc2)cc1. The second kappa shape index (κ2) is 9.56. The third-order valence-electron chi connectivity index (χ3n) is 4.18. The van der Waals surface area contributed by atoms with Gasteiger partial charge in [0.15, 0.2) is 0 Å². The van der Waals surface area contributed by atoms with Gasteiger partial charge in [0.2, 0.25) is 0 Å². The predicted octanol–water partition coefficient (Wildman–Crippen LogP) is 4.89. The van der Waals surface area contributed by atoms with Crippen LogP contribution < -0.4 is 20.4 Å². The Balaban J connectivity index is 1.95. The Kier molecular flexibility index (Phi) is 7.10. The molecule has 0 fully saturated rings. The van der Waals surface area contributed by atoms with E-state index in [0.717, 1.165) is 0 Å². The lowest BCUT2D eigenvalue weighted by atomic mass is 10.3. The smallest absolute Gasteiger partial charge is 0.361 e. The summed E-state index contributed by atoms with van der Waals surface area (Å²) in [5.74, 6) is 0.407. The Morgan fingerprint density at radius 3 is 1.48 bits per heavy atom. The summed E-state index contributed by atoms with van der Waals surface area (Å²) >= 11 is 0. The lowest BCUT2D eigenvalue weighted by Crippen LogP contribution is -2.20. The van der Waals surface area contributed by atoms with Crippen LogP contribution in [0.4, 0.5) is 0 Å². The van der Waals surface area contributed by atoms with E-state index in [0.29, 0.717) is 21.7 Å². The molecule has 0 spiro atoms. The van der Waals surface area contributed by atoms with E-state index in [1.807, 2.05) is 36.4 Å². The summed E-state index contributed by atoms with van der Waals surface area (Å²) in [6.45, 7) is 4.07. The van der Waals surface area contributed by atoms with Gasteiger partial charge in [-0.15, -0.1) is 0 Å². The largest absolute Gasteiger partial charge is 0.437 e. The molecule has 0 saturated carbocycles. The van der Waals surface area contributed by atoms with Gasteiger partial charge in [-0.2, -0.15) is 0 Å². The van der Waals surface area contributed by atoms with E-state index in [4.69, 9.17) is 13.6 Å². The summed E-state index contributed by atoms with van der Waals surface area (Å²) in [7, 11) is -6.74. The molecule has 3 aromatic carbocycles. The zero-order chi connectivity index (χ0) is 20.7. The summed E-state index contributed by atoms with van der Waals surface area (Å²) in [4.78, 5) is 0. The van der Waals surface area contributed by atoms with E-state index in [2.05, 4.69) is 0 Å². The highest BCUT2D eigenvalue weighted by molar-refractivity contribution is 7.74. The molecule has 7 heteroatoms. The Morgan fingerprint density at radius 1 is 0.621 bits per heavy atom. The lowest BCUT2D eigenvalue weighted by molar-refractivity contribution is 0.230. The van der Waals surface area contributed by atoms with Crippen LogP contribution in [-0.4, -0.2) is 13.2 Å². The number of rotatable bonds is 9. The highest BCUT2D eigenvalue weighted by atomic mass is 31.2. The van der Waals surface area contributed by atoms with Crippen molar-refractivity contribution in [3.63, 3.8) is 0 Å². The first-order chi connectivity index (χ1) is 14.0. The van der Waals surface area contributed by atoms with Gasteiger partial charge in [-0.1, -0.05) is 36.4 Å². The maximum Gasteiger partial charge on any atom is 0.361 e. The van der Waals surface area contributed by atoms with E-state index in [1.54, 1.807) is 62.4 Å². The van der Waals surface area contributed by atoms with Gasteiger partial charge >= 0.3 is 15.0 Å². The molecule has 29 heavy (non-hydrogen) atoms. The van der Waals surface area contributed by atoms with Crippen LogP contribution in [0.25, 0.3) is 0 Å². The fraction of sp³-hybridized carbons (Fsp3) is 0.182. The van der Waals surface area contributed by atoms with Gasteiger partial charge in [0.1, 0.15) is 5.75 Å². The van der Waals surface area contributed by atoms with Crippen molar-refractivity contribution in [3.8, 4) is 5.75 Å². The van der Waals surface area contributed by atoms with Crippen LogP contribution in [0.3, 0.4) is 0 Å². The van der Waals surface area contributed by atoms with Crippen molar-refractivity contribution in [2.45, 2.75) is 13.8 Å². The molecular formula is C22H24O5P2. The van der Waals surface area contributed by atoms with Gasteiger partial charge in [0, 0.05) is 0 Å². The summed E-state index contributed by atoms with van der Waals surface area (Å²) < 4.78 is 43.7. The molecule has 0 unspecified atom stereocenters. The minimum absolute atomic E-state index is 0.271. The van der Waals surface area contributed by atoms with Crippen molar-refractivity contribution < 1.29 is 22.7 Å². The van der Waals surface area contributed by atoms with Gasteiger partial charge in [-0.25, -0.2) is 0 Å². The Hall–Kier alpha value is -2.16. The molecule has 3 rings (SSSR count). The van der Waals surface area contributed by atoms with Crippen LogP contribution in [0.2, 0.25) is 0 Å². The second-order valence-electron chi connectivity index (χ2n) is 6.14. The molecule has 152 valence electrons. The molecular weight excluding hydrogens is 406 g/mol. The molecule has 0 heterocycles. The molecule has 0 aromatic heterocycles. The molecule has 0 amide bonds. The van der Waals surface area contributed by atoms with Crippen molar-refractivity contribution >= 4 is 30.9 Å². The van der Waals surface area contributed by atoms with Crippen LogP contribution in [0.1, 0.15) is 13.8 Å². The molecule has 5 nitrogen and oxygen atoms in total. The number of hydrogen-bond acceptors (Lipinski definition) is 5. The minimum atomic E-state index is -3.38. The van der Waals surface area contributed by atoms with Crippen LogP contribution in [-0.2, 0) is 18.2 Å². The van der Waals surface area contributed by atoms with Crippen LogP contribution in [0.5, 0.6) is 5.75 Å². The topological polar surface area (TPSA) is 61.8 Å². The van der Waals surface area contributed by atoms with E-state index in [9.17, 15) is 9.13 Å². The Morgan fingerprint density at radius 2 is 1.07 bits per heavy atom. The molecule has 0 aliphatic carbocycles. The third kappa shape index (κ3) is 4.88. The van der Waals surface area contributed by atoms with E-state index in [-0.39, 0.29) is 13.2 Å². The van der Waals surface area contributed by atoms with Crippen LogP contribution in [0.15, 0.2) is 84.9 Å². The van der Waals surface area contributed by atoms with Gasteiger partial charge in [0.25, 0.3) is 0 Å². The highest BCUT2D eigenvalue weighted by Crippen LogP contribution is 2.48. The van der Waals surface area contributed by atoms with Crippen LogP contribution in [0, 0.1) is 0 Å². The molecule has 0 aliphatic heterocycles. The van der Waals surface area contributed by atoms with E-state index >= 15 is 0 Å². The summed E-state index contributed by atoms with van der Waals surface area (Å²) in [5.41, 5.74) is 0. The van der Waals surface area contributed by atoms with Gasteiger partial charge in [0.05, 0.1) is 29.1 Å². The molecule has 0 radical (unpaired) electrons. The molecule has 0 aliphatic rings. The molecule has 0 N–H and O–H groups in total. The van der Waals surface area contributed by atoms with Crippen molar-refractivity contribution in [1.29, 1.82) is 0 Å². The molecule has 0 atom stereocenters. The lowest BCUT2D eigenvalue weighted by Gasteiger charge is -2.21. The highest BCUT2D eigenvalue weighted by Gasteiger charge is 2.31. The average molecular weight is 430 g/mol. The first-order valence-corrected chi connectivity index (χ1v) is 12.6. The zero-order valence-electron chi connectivity index (χ0n) is 16.4. The number of hydrogen-bond donors (Lipinski definition) is 0. The van der Waals surface area contributed by atoms with E-state index < -0.39 is 15.0 Å². The normalized spacial score (nSPS) is 11.9. The Bertz CT molecular complexity index is 951. The first-order valence-electron chi connectivity index (χ1n) is 9.42. The maximum atomic E-state index is 13.9. The van der Waals surface area contributed by atoms with Crippen molar-refractivity contribution in [3.05, 3.63) is 84.9 Å². The summed E-state index contributed by atoms with van der Waals surface area (Å²) in [6, 6.07) is 24.8. The first kappa shape index (κ1) is 21.5. The summed E-state index contributed by atoms with van der Waals surface area (Å²) in [6.07, 6.45) is 0. The fourth-order valence-electron chi connectivity index (χ4n) is 2.87. The molecule has 0 saturated heterocycles. The maximum absolute atomic E-state index is 13.9. The summed E-state index contributed by atoms with van der Waals surface area (Å²) in [5, 5.41) is 1.64. The minimum Gasteiger partial charge on any atom is -0.437 e. The van der Waals surface area contributed by atoms with E-state index in [1.165, 1.54) is 0 Å². The zero-order valence-corrected chi connectivity index (χ0v) is 18.2. The predicted molar refractivity (Wildman–Crippen MR) is 117 cm³/mol. The van der Waals surface area contributed by atoms with Crippen molar-refractivity contribution in [2.75, 3.05) is 13.2 Å². The number of benzene rings is 3. The quantitative estimate of drug-likeness (QED) is 0.453. The monoisotopic (exact) mass is 430 g/mol. The van der Waals surface area contributed by atoms with Crippen LogP contribution >= 0.6 is 15.0 Å². The standard InChI is InChI=1S/C22H24O5P2/c1-3-25-29(24,26-4-2)22-17-15-19(16-18-22)27-28(23,20-11-7-5-8-12-20)21-13-9-6-10-14-21/h5-18H,3-4H2,1-2H3. The van der Waals surface area contributed by atoms with Gasteiger partial charge in [-0.3, -0.25) is 9.13 Å². The second-order valence-corrected chi connectivity index (χ2v) is 10.5. The third-order valence-corrected chi connectivity index (χ3v) is 8.73.